The number of fused-ring (bicyclic) bond motifs is 1. The van der Waals surface area contributed by atoms with Crippen molar-refractivity contribution in [2.75, 3.05) is 13.9 Å². The summed E-state index contributed by atoms with van der Waals surface area (Å²) in [5.41, 5.74) is 0.674. The number of isocyanates is 1. The van der Waals surface area contributed by atoms with Crippen LogP contribution in [0.5, 0.6) is 11.5 Å². The summed E-state index contributed by atoms with van der Waals surface area (Å²) in [5, 5.41) is 0. The maximum atomic E-state index is 11.2. The molecule has 0 saturated heterocycles. The number of aliphatic imine (C=N–C) groups is 1. The van der Waals surface area contributed by atoms with Crippen molar-refractivity contribution in [3.8, 4) is 11.5 Å². The zero-order valence-electron chi connectivity index (χ0n) is 9.71. The molecule has 6 nitrogen and oxygen atoms in total. The highest BCUT2D eigenvalue weighted by atomic mass is 16.7. The van der Waals surface area contributed by atoms with E-state index in [1.54, 1.807) is 18.2 Å². The van der Waals surface area contributed by atoms with Gasteiger partial charge in [0.25, 0.3) is 0 Å². The molecule has 0 unspecified atom stereocenters. The van der Waals surface area contributed by atoms with Crippen molar-refractivity contribution >= 4 is 12.0 Å². The van der Waals surface area contributed by atoms with E-state index in [2.05, 4.69) is 9.73 Å². The first kappa shape index (κ1) is 12.1. The predicted molar refractivity (Wildman–Crippen MR) is 60.1 cm³/mol. The van der Waals surface area contributed by atoms with Crippen LogP contribution in [0, 0.1) is 0 Å². The van der Waals surface area contributed by atoms with Crippen LogP contribution in [-0.4, -0.2) is 26.0 Å². The third-order valence-corrected chi connectivity index (χ3v) is 2.58. The largest absolute Gasteiger partial charge is 0.469 e. The van der Waals surface area contributed by atoms with Gasteiger partial charge in [-0.3, -0.25) is 4.79 Å². The second-order valence-corrected chi connectivity index (χ2v) is 3.63. The number of hydrogen-bond acceptors (Lipinski definition) is 6. The Balaban J connectivity index is 2.25. The Morgan fingerprint density at radius 2 is 2.28 bits per heavy atom. The Hall–Kier alpha value is -2.33. The molecule has 1 aliphatic rings. The van der Waals surface area contributed by atoms with Gasteiger partial charge >= 0.3 is 5.97 Å². The molecular weight excluding hydrogens is 238 g/mol. The average Bonchev–Trinajstić information content (AvgIpc) is 2.85. The third-order valence-electron chi connectivity index (χ3n) is 2.58. The average molecular weight is 249 g/mol. The number of ether oxygens (including phenoxy) is 3. The fraction of sp³-hybridized carbons (Fsp3) is 0.333. The normalized spacial score (nSPS) is 13.6. The lowest BCUT2D eigenvalue weighted by molar-refractivity contribution is -0.141. The molecule has 94 valence electrons. The summed E-state index contributed by atoms with van der Waals surface area (Å²) in [6.45, 7) is 0.164. The second kappa shape index (κ2) is 5.33. The topological polar surface area (TPSA) is 74.2 Å². The van der Waals surface area contributed by atoms with Crippen molar-refractivity contribution in [3.05, 3.63) is 23.8 Å². The Kier molecular flexibility index (Phi) is 3.60. The summed E-state index contributed by atoms with van der Waals surface area (Å²) in [5.74, 6) is 0.755. The smallest absolute Gasteiger partial charge is 0.308 e. The van der Waals surface area contributed by atoms with E-state index in [0.717, 1.165) is 0 Å². The molecule has 1 heterocycles. The fourth-order valence-electron chi connectivity index (χ4n) is 1.66. The van der Waals surface area contributed by atoms with Gasteiger partial charge in [0.2, 0.25) is 12.9 Å². The van der Waals surface area contributed by atoms with E-state index >= 15 is 0 Å². The van der Waals surface area contributed by atoms with Crippen LogP contribution in [0.4, 0.5) is 0 Å². The number of esters is 1. The van der Waals surface area contributed by atoms with E-state index in [0.29, 0.717) is 17.1 Å². The molecule has 0 radical (unpaired) electrons. The molecule has 1 aromatic rings. The zero-order chi connectivity index (χ0) is 13.0. The van der Waals surface area contributed by atoms with Crippen LogP contribution in [0.25, 0.3) is 0 Å². The van der Waals surface area contributed by atoms with Crippen LogP contribution in [0.3, 0.4) is 0 Å². The number of hydrogen-bond donors (Lipinski definition) is 0. The van der Waals surface area contributed by atoms with Gasteiger partial charge in [0, 0.05) is 0 Å². The Labute approximate surface area is 103 Å². The first-order valence-electron chi connectivity index (χ1n) is 5.28. The lowest BCUT2D eigenvalue weighted by Gasteiger charge is -2.10. The molecule has 0 aromatic heterocycles. The summed E-state index contributed by atoms with van der Waals surface area (Å²) in [6, 6.07) is 4.51. The van der Waals surface area contributed by atoms with Gasteiger partial charge in [-0.15, -0.1) is 0 Å². The van der Waals surface area contributed by atoms with E-state index in [1.807, 2.05) is 0 Å². The highest BCUT2D eigenvalue weighted by molar-refractivity contribution is 5.70. The van der Waals surface area contributed by atoms with Crippen molar-refractivity contribution in [3.63, 3.8) is 0 Å². The maximum Gasteiger partial charge on any atom is 0.308 e. The highest BCUT2D eigenvalue weighted by Crippen LogP contribution is 2.35. The lowest BCUT2D eigenvalue weighted by Crippen LogP contribution is -2.07. The molecule has 0 N–H and O–H groups in total. The number of carbonyl (C=O) groups excluding carboxylic acids is 2. The summed E-state index contributed by atoms with van der Waals surface area (Å²) < 4.78 is 15.0. The number of benzene rings is 1. The molecule has 0 fully saturated rings. The number of rotatable bonds is 4. The number of methoxy groups -OCH3 is 1. The zero-order valence-corrected chi connectivity index (χ0v) is 9.71. The molecule has 2 rings (SSSR count). The summed E-state index contributed by atoms with van der Waals surface area (Å²) in [7, 11) is 1.28. The monoisotopic (exact) mass is 249 g/mol. The Bertz CT molecular complexity index is 507. The van der Waals surface area contributed by atoms with Gasteiger partial charge in [-0.05, 0) is 17.7 Å². The molecule has 1 aromatic carbocycles. The minimum absolute atomic E-state index is 0.0224. The van der Waals surface area contributed by atoms with Crippen molar-refractivity contribution < 1.29 is 23.8 Å². The predicted octanol–water partition coefficient (Wildman–Crippen LogP) is 1.36. The van der Waals surface area contributed by atoms with Gasteiger partial charge in [-0.1, -0.05) is 6.07 Å². The minimum atomic E-state index is -0.621. The third kappa shape index (κ3) is 2.49. The minimum Gasteiger partial charge on any atom is -0.469 e. The van der Waals surface area contributed by atoms with Crippen LogP contribution in [0.15, 0.2) is 23.2 Å². The van der Waals surface area contributed by atoms with Crippen molar-refractivity contribution in [2.24, 2.45) is 4.99 Å². The summed E-state index contributed by atoms with van der Waals surface area (Å²) in [6.07, 6.45) is 1.44. The molecule has 6 heteroatoms. The van der Waals surface area contributed by atoms with Gasteiger partial charge in [0.15, 0.2) is 11.5 Å². The number of carbonyl (C=O) groups is 1. The van der Waals surface area contributed by atoms with Crippen molar-refractivity contribution in [2.45, 2.75) is 12.5 Å². The van der Waals surface area contributed by atoms with Gasteiger partial charge < -0.3 is 14.2 Å². The molecule has 0 aliphatic carbocycles. The SMILES string of the molecule is COC(=O)C[C@H](N=C=O)c1ccc2c(c1)OCO2. The lowest BCUT2D eigenvalue weighted by atomic mass is 10.0. The van der Waals surface area contributed by atoms with E-state index in [-0.39, 0.29) is 13.2 Å². The van der Waals surface area contributed by atoms with E-state index in [4.69, 9.17) is 9.47 Å². The molecule has 18 heavy (non-hydrogen) atoms. The Morgan fingerprint density at radius 3 is 3.00 bits per heavy atom. The second-order valence-electron chi connectivity index (χ2n) is 3.63. The maximum absolute atomic E-state index is 11.2. The highest BCUT2D eigenvalue weighted by Gasteiger charge is 2.20. The molecule has 1 atom stereocenters. The molecule has 0 spiro atoms. The van der Waals surface area contributed by atoms with Gasteiger partial charge in [0.1, 0.15) is 0 Å². The number of nitrogens with zero attached hydrogens (tertiary/aromatic N) is 1. The van der Waals surface area contributed by atoms with E-state index < -0.39 is 12.0 Å². The van der Waals surface area contributed by atoms with Crippen LogP contribution in [0.1, 0.15) is 18.0 Å². The van der Waals surface area contributed by atoms with E-state index in [9.17, 15) is 9.59 Å². The van der Waals surface area contributed by atoms with Gasteiger partial charge in [-0.2, -0.15) is 4.99 Å². The summed E-state index contributed by atoms with van der Waals surface area (Å²) in [4.78, 5) is 25.2. The Morgan fingerprint density at radius 1 is 1.50 bits per heavy atom. The molecule has 0 saturated carbocycles. The molecule has 1 aliphatic heterocycles. The summed E-state index contributed by atoms with van der Waals surface area (Å²) >= 11 is 0. The van der Waals surface area contributed by atoms with Crippen LogP contribution < -0.4 is 9.47 Å². The molecule has 0 bridgehead atoms. The van der Waals surface area contributed by atoms with Gasteiger partial charge in [0.05, 0.1) is 19.6 Å². The van der Waals surface area contributed by atoms with Crippen LogP contribution in [0.2, 0.25) is 0 Å². The van der Waals surface area contributed by atoms with Crippen molar-refractivity contribution in [1.29, 1.82) is 0 Å². The van der Waals surface area contributed by atoms with Crippen molar-refractivity contribution in [1.82, 2.24) is 0 Å². The van der Waals surface area contributed by atoms with Gasteiger partial charge in [-0.25, -0.2) is 4.79 Å². The molecule has 0 amide bonds. The fourth-order valence-corrected chi connectivity index (χ4v) is 1.66. The van der Waals surface area contributed by atoms with Crippen LogP contribution in [-0.2, 0) is 14.3 Å². The first-order chi connectivity index (χ1) is 8.74. The van der Waals surface area contributed by atoms with E-state index in [1.165, 1.54) is 13.2 Å². The quantitative estimate of drug-likeness (QED) is 0.457. The molecular formula is C12H11NO5. The van der Waals surface area contributed by atoms with Crippen LogP contribution >= 0.6 is 0 Å². The first-order valence-corrected chi connectivity index (χ1v) is 5.28. The standard InChI is InChI=1S/C12H11NO5/c1-16-12(15)5-9(13-6-14)8-2-3-10-11(4-8)18-7-17-10/h2-4,9H,5,7H2,1H3/t9-/m0/s1.